The van der Waals surface area contributed by atoms with Gasteiger partial charge >= 0.3 is 0 Å². The Morgan fingerprint density at radius 2 is 2.16 bits per heavy atom. The Balaban J connectivity index is 1.39. The van der Waals surface area contributed by atoms with Crippen LogP contribution in [0.4, 0.5) is 5.82 Å². The van der Waals surface area contributed by atoms with Crippen LogP contribution in [-0.4, -0.2) is 72.3 Å². The van der Waals surface area contributed by atoms with Crippen LogP contribution in [0, 0.1) is 0 Å². The predicted molar refractivity (Wildman–Crippen MR) is 93.4 cm³/mol. The number of anilines is 1. The number of ether oxygens (including phenoxy) is 1. The van der Waals surface area contributed by atoms with E-state index >= 15 is 0 Å². The van der Waals surface area contributed by atoms with Gasteiger partial charge in [0.15, 0.2) is 11.6 Å². The average molecular weight is 346 g/mol. The van der Waals surface area contributed by atoms with Crippen molar-refractivity contribution in [3.8, 4) is 5.75 Å². The highest BCUT2D eigenvalue weighted by molar-refractivity contribution is 5.82. The topological polar surface area (TPSA) is 58.1 Å². The number of pyridine rings is 1. The summed E-state index contributed by atoms with van der Waals surface area (Å²) in [4.78, 5) is 26.8. The lowest BCUT2D eigenvalue weighted by Crippen LogP contribution is -2.42. The van der Waals surface area contributed by atoms with Crippen molar-refractivity contribution in [2.45, 2.75) is 38.3 Å². The maximum atomic E-state index is 12.3. The molecular weight excluding hydrogens is 320 g/mol. The van der Waals surface area contributed by atoms with Crippen LogP contribution in [0.2, 0.25) is 0 Å². The SMILES string of the molecule is CCN1OC[C@@H](N2CC[C@H](Oc3cccnc3N3CCCC3)C2)C1=O. The van der Waals surface area contributed by atoms with E-state index in [2.05, 4.69) is 14.8 Å². The summed E-state index contributed by atoms with van der Waals surface area (Å²) in [7, 11) is 0. The third-order valence-electron chi connectivity index (χ3n) is 5.27. The second-order valence-electron chi connectivity index (χ2n) is 6.89. The summed E-state index contributed by atoms with van der Waals surface area (Å²) in [6, 6.07) is 3.77. The van der Waals surface area contributed by atoms with Gasteiger partial charge in [-0.2, -0.15) is 0 Å². The molecule has 2 atom stereocenters. The van der Waals surface area contributed by atoms with Crippen molar-refractivity contribution in [2.75, 3.05) is 44.2 Å². The minimum atomic E-state index is -0.166. The number of rotatable bonds is 5. The lowest BCUT2D eigenvalue weighted by Gasteiger charge is -2.23. The van der Waals surface area contributed by atoms with Gasteiger partial charge in [0.2, 0.25) is 0 Å². The molecule has 4 rings (SSSR count). The Morgan fingerprint density at radius 3 is 2.92 bits per heavy atom. The molecule has 7 nitrogen and oxygen atoms in total. The van der Waals surface area contributed by atoms with E-state index in [1.54, 1.807) is 0 Å². The number of carbonyl (C=O) groups excluding carboxylic acids is 1. The number of hydrogen-bond donors (Lipinski definition) is 0. The van der Waals surface area contributed by atoms with Crippen molar-refractivity contribution in [1.82, 2.24) is 14.9 Å². The monoisotopic (exact) mass is 346 g/mol. The molecule has 0 spiro atoms. The lowest BCUT2D eigenvalue weighted by atomic mass is 10.2. The Kier molecular flexibility index (Phi) is 4.76. The maximum Gasteiger partial charge on any atom is 0.265 e. The van der Waals surface area contributed by atoms with Crippen LogP contribution in [0.5, 0.6) is 5.75 Å². The van der Waals surface area contributed by atoms with Crippen molar-refractivity contribution < 1.29 is 14.4 Å². The zero-order valence-corrected chi connectivity index (χ0v) is 14.8. The first-order chi connectivity index (χ1) is 12.3. The van der Waals surface area contributed by atoms with E-state index < -0.39 is 0 Å². The number of carbonyl (C=O) groups is 1. The zero-order chi connectivity index (χ0) is 17.2. The molecule has 1 aromatic heterocycles. The van der Waals surface area contributed by atoms with Crippen molar-refractivity contribution in [1.29, 1.82) is 0 Å². The molecule has 25 heavy (non-hydrogen) atoms. The Bertz CT molecular complexity index is 620. The Hall–Kier alpha value is -1.86. The summed E-state index contributed by atoms with van der Waals surface area (Å²) in [5.74, 6) is 1.89. The quantitative estimate of drug-likeness (QED) is 0.801. The fourth-order valence-electron chi connectivity index (χ4n) is 3.92. The fourth-order valence-corrected chi connectivity index (χ4v) is 3.92. The molecule has 4 heterocycles. The molecule has 1 amide bonds. The number of amides is 1. The number of hydroxylamine groups is 2. The average Bonchev–Trinajstić information content (AvgIpc) is 3.36. The number of likely N-dealkylation sites (tertiary alicyclic amines) is 1. The highest BCUT2D eigenvalue weighted by atomic mass is 16.7. The van der Waals surface area contributed by atoms with E-state index in [4.69, 9.17) is 9.57 Å². The van der Waals surface area contributed by atoms with Crippen LogP contribution < -0.4 is 9.64 Å². The van der Waals surface area contributed by atoms with Crippen LogP contribution in [0.1, 0.15) is 26.2 Å². The third kappa shape index (κ3) is 3.30. The minimum Gasteiger partial charge on any atom is -0.485 e. The maximum absolute atomic E-state index is 12.3. The summed E-state index contributed by atoms with van der Waals surface area (Å²) < 4.78 is 6.29. The van der Waals surface area contributed by atoms with Gasteiger partial charge in [0.05, 0.1) is 6.61 Å². The molecule has 0 radical (unpaired) electrons. The molecule has 1 aromatic rings. The second kappa shape index (κ2) is 7.17. The van der Waals surface area contributed by atoms with Gasteiger partial charge in [-0.3, -0.25) is 14.5 Å². The highest BCUT2D eigenvalue weighted by Crippen LogP contribution is 2.31. The van der Waals surface area contributed by atoms with Crippen molar-refractivity contribution in [3.63, 3.8) is 0 Å². The van der Waals surface area contributed by atoms with E-state index in [0.29, 0.717) is 13.2 Å². The van der Waals surface area contributed by atoms with E-state index in [1.807, 2.05) is 25.3 Å². The van der Waals surface area contributed by atoms with Crippen LogP contribution >= 0.6 is 0 Å². The first kappa shape index (κ1) is 16.6. The summed E-state index contributed by atoms with van der Waals surface area (Å²) >= 11 is 0. The predicted octanol–water partition coefficient (Wildman–Crippen LogP) is 1.30. The largest absolute Gasteiger partial charge is 0.485 e. The van der Waals surface area contributed by atoms with E-state index in [9.17, 15) is 4.79 Å². The molecule has 7 heteroatoms. The van der Waals surface area contributed by atoms with E-state index in [0.717, 1.165) is 44.2 Å². The molecule has 0 aliphatic carbocycles. The van der Waals surface area contributed by atoms with Gasteiger partial charge in [0.25, 0.3) is 5.91 Å². The summed E-state index contributed by atoms with van der Waals surface area (Å²) in [6.45, 7) is 6.69. The Labute approximate surface area is 148 Å². The molecule has 3 aliphatic rings. The highest BCUT2D eigenvalue weighted by Gasteiger charge is 2.40. The van der Waals surface area contributed by atoms with Crippen LogP contribution in [0.3, 0.4) is 0 Å². The number of nitrogens with zero attached hydrogens (tertiary/aromatic N) is 4. The van der Waals surface area contributed by atoms with E-state index in [1.165, 1.54) is 17.9 Å². The molecule has 136 valence electrons. The van der Waals surface area contributed by atoms with Crippen molar-refractivity contribution in [2.24, 2.45) is 0 Å². The standard InChI is InChI=1S/C18H26N4O3/c1-2-22-18(23)15(13-24-22)21-11-7-14(12-21)25-16-6-5-8-19-17(16)20-9-3-4-10-20/h5-6,8,14-15H,2-4,7,9-13H2,1H3/t14-,15+/m0/s1. The van der Waals surface area contributed by atoms with E-state index in [-0.39, 0.29) is 18.1 Å². The molecular formula is C18H26N4O3. The zero-order valence-electron chi connectivity index (χ0n) is 14.8. The molecule has 0 bridgehead atoms. The van der Waals surface area contributed by atoms with Crippen LogP contribution in [0.25, 0.3) is 0 Å². The van der Waals surface area contributed by atoms with Gasteiger partial charge in [-0.25, -0.2) is 10.0 Å². The number of aromatic nitrogens is 1. The van der Waals surface area contributed by atoms with Crippen molar-refractivity contribution >= 4 is 11.7 Å². The fraction of sp³-hybridized carbons (Fsp3) is 0.667. The van der Waals surface area contributed by atoms with Crippen LogP contribution in [-0.2, 0) is 9.63 Å². The molecule has 0 N–H and O–H groups in total. The normalized spacial score (nSPS) is 27.5. The minimum absolute atomic E-state index is 0.0716. The third-order valence-corrected chi connectivity index (χ3v) is 5.27. The molecule has 0 unspecified atom stereocenters. The first-order valence-electron chi connectivity index (χ1n) is 9.31. The molecule has 3 fully saturated rings. The Morgan fingerprint density at radius 1 is 1.32 bits per heavy atom. The molecule has 0 saturated carbocycles. The molecule has 3 saturated heterocycles. The molecule has 3 aliphatic heterocycles. The molecule has 0 aromatic carbocycles. The number of hydrogen-bond acceptors (Lipinski definition) is 6. The summed E-state index contributed by atoms with van der Waals surface area (Å²) in [5, 5.41) is 1.46. The van der Waals surface area contributed by atoms with Gasteiger partial charge in [-0.1, -0.05) is 0 Å². The van der Waals surface area contributed by atoms with Crippen molar-refractivity contribution in [3.05, 3.63) is 18.3 Å². The second-order valence-corrected chi connectivity index (χ2v) is 6.89. The van der Waals surface area contributed by atoms with Gasteiger partial charge in [0, 0.05) is 38.9 Å². The van der Waals surface area contributed by atoms with Gasteiger partial charge in [0.1, 0.15) is 12.1 Å². The summed E-state index contributed by atoms with van der Waals surface area (Å²) in [6.07, 6.45) is 5.27. The van der Waals surface area contributed by atoms with Crippen LogP contribution in [0.15, 0.2) is 18.3 Å². The lowest BCUT2D eigenvalue weighted by molar-refractivity contribution is -0.160. The van der Waals surface area contributed by atoms with Gasteiger partial charge in [-0.05, 0) is 38.3 Å². The first-order valence-corrected chi connectivity index (χ1v) is 9.31. The van der Waals surface area contributed by atoms with Gasteiger partial charge in [-0.15, -0.1) is 0 Å². The smallest absolute Gasteiger partial charge is 0.265 e. The van der Waals surface area contributed by atoms with Gasteiger partial charge < -0.3 is 9.64 Å². The number of likely N-dealkylation sites (N-methyl/N-ethyl adjacent to an activating group) is 1. The summed E-state index contributed by atoms with van der Waals surface area (Å²) in [5.41, 5.74) is 0.